The van der Waals surface area contributed by atoms with Crippen molar-refractivity contribution in [2.75, 3.05) is 38.9 Å². The summed E-state index contributed by atoms with van der Waals surface area (Å²) in [6, 6.07) is 16.8. The maximum Gasteiger partial charge on any atom is 0.349 e. The Balaban J connectivity index is 1.47. The number of benzene rings is 3. The van der Waals surface area contributed by atoms with Gasteiger partial charge in [-0.2, -0.15) is 0 Å². The highest BCUT2D eigenvalue weighted by Crippen LogP contribution is 2.40. The van der Waals surface area contributed by atoms with E-state index >= 15 is 0 Å². The van der Waals surface area contributed by atoms with Crippen LogP contribution in [0.4, 0.5) is 5.13 Å². The van der Waals surface area contributed by atoms with Gasteiger partial charge in [-0.3, -0.25) is 9.69 Å². The first-order valence-electron chi connectivity index (χ1n) is 11.1. The SMILES string of the molecule is CN(C)CCN(C(=O)c1cc2c(ccc3ccccc32)oc1=O)c1nc2cc3c(cc2s1)OCO3. The zero-order valence-corrected chi connectivity index (χ0v) is 19.9. The van der Waals surface area contributed by atoms with Crippen LogP contribution in [-0.2, 0) is 0 Å². The molecule has 1 aliphatic rings. The third kappa shape index (κ3) is 3.78. The van der Waals surface area contributed by atoms with Crippen molar-refractivity contribution in [1.82, 2.24) is 9.88 Å². The number of aromatic nitrogens is 1. The van der Waals surface area contributed by atoms with Gasteiger partial charge in [0.25, 0.3) is 5.91 Å². The van der Waals surface area contributed by atoms with Crippen LogP contribution < -0.4 is 20.0 Å². The second-order valence-corrected chi connectivity index (χ2v) is 9.58. The number of carbonyl (C=O) groups excluding carboxylic acids is 1. The fraction of sp³-hybridized carbons (Fsp3) is 0.192. The highest BCUT2D eigenvalue weighted by molar-refractivity contribution is 7.22. The zero-order chi connectivity index (χ0) is 24.1. The summed E-state index contributed by atoms with van der Waals surface area (Å²) in [7, 11) is 3.85. The molecule has 5 aromatic rings. The minimum atomic E-state index is -0.672. The van der Waals surface area contributed by atoms with Gasteiger partial charge in [0.2, 0.25) is 6.79 Å². The monoisotopic (exact) mass is 487 g/mol. The van der Waals surface area contributed by atoms with Gasteiger partial charge in [-0.15, -0.1) is 0 Å². The number of anilines is 1. The zero-order valence-electron chi connectivity index (χ0n) is 19.1. The first-order chi connectivity index (χ1) is 17.0. The van der Waals surface area contributed by atoms with Gasteiger partial charge in [-0.1, -0.05) is 41.7 Å². The van der Waals surface area contributed by atoms with E-state index in [2.05, 4.69) is 0 Å². The van der Waals surface area contributed by atoms with Crippen molar-refractivity contribution in [3.63, 3.8) is 0 Å². The second-order valence-electron chi connectivity index (χ2n) is 8.58. The highest BCUT2D eigenvalue weighted by Gasteiger charge is 2.26. The van der Waals surface area contributed by atoms with E-state index in [1.54, 1.807) is 17.0 Å². The van der Waals surface area contributed by atoms with E-state index < -0.39 is 11.5 Å². The average molecular weight is 488 g/mol. The van der Waals surface area contributed by atoms with Gasteiger partial charge in [0, 0.05) is 30.6 Å². The van der Waals surface area contributed by atoms with Gasteiger partial charge in [0.05, 0.1) is 10.2 Å². The van der Waals surface area contributed by atoms with E-state index in [-0.39, 0.29) is 12.4 Å². The summed E-state index contributed by atoms with van der Waals surface area (Å²) in [5.74, 6) is 0.832. The number of hydrogen-bond acceptors (Lipinski definition) is 8. The normalized spacial score (nSPS) is 12.8. The number of nitrogens with zero attached hydrogens (tertiary/aromatic N) is 3. The lowest BCUT2D eigenvalue weighted by atomic mass is 10.0. The largest absolute Gasteiger partial charge is 0.454 e. The minimum Gasteiger partial charge on any atom is -0.454 e. The second kappa shape index (κ2) is 8.37. The van der Waals surface area contributed by atoms with Crippen molar-refractivity contribution in [2.24, 2.45) is 0 Å². The summed E-state index contributed by atoms with van der Waals surface area (Å²) in [4.78, 5) is 34.9. The molecule has 0 N–H and O–H groups in total. The Morgan fingerprint density at radius 2 is 1.80 bits per heavy atom. The Kier molecular flexibility index (Phi) is 5.16. The van der Waals surface area contributed by atoms with Crippen molar-refractivity contribution >= 4 is 54.3 Å². The predicted molar refractivity (Wildman–Crippen MR) is 136 cm³/mol. The quantitative estimate of drug-likeness (QED) is 0.267. The van der Waals surface area contributed by atoms with Gasteiger partial charge < -0.3 is 18.8 Å². The van der Waals surface area contributed by atoms with E-state index in [9.17, 15) is 9.59 Å². The van der Waals surface area contributed by atoms with E-state index in [4.69, 9.17) is 18.9 Å². The molecule has 176 valence electrons. The molecule has 3 heterocycles. The number of fused-ring (bicyclic) bond motifs is 5. The Hall–Kier alpha value is -3.95. The molecule has 0 atom stereocenters. The van der Waals surface area contributed by atoms with E-state index in [1.807, 2.05) is 61.5 Å². The lowest BCUT2D eigenvalue weighted by molar-refractivity contribution is 0.0982. The van der Waals surface area contributed by atoms with E-state index in [0.29, 0.717) is 46.2 Å². The summed E-state index contributed by atoms with van der Waals surface area (Å²) >= 11 is 1.37. The van der Waals surface area contributed by atoms with Gasteiger partial charge in [-0.05, 0) is 37.0 Å². The van der Waals surface area contributed by atoms with Crippen molar-refractivity contribution < 1.29 is 18.7 Å². The Bertz CT molecular complexity index is 1630. The highest BCUT2D eigenvalue weighted by atomic mass is 32.1. The molecule has 0 aliphatic carbocycles. The smallest absolute Gasteiger partial charge is 0.349 e. The van der Waals surface area contributed by atoms with Crippen molar-refractivity contribution in [1.29, 1.82) is 0 Å². The van der Waals surface area contributed by atoms with Crippen LogP contribution in [0.25, 0.3) is 32.0 Å². The van der Waals surface area contributed by atoms with Crippen LogP contribution in [0.3, 0.4) is 0 Å². The molecule has 0 spiro atoms. The maximum atomic E-state index is 13.8. The average Bonchev–Trinajstić information content (AvgIpc) is 3.47. The molecule has 0 fully saturated rings. The lowest BCUT2D eigenvalue weighted by Crippen LogP contribution is -2.38. The maximum absolute atomic E-state index is 13.8. The molecule has 9 heteroatoms. The standard InChI is InChI=1S/C26H21N3O5S/c1-28(2)9-10-29(26-27-19-12-21-22(33-14-32-21)13-23(19)35-26)24(30)18-11-17-16-6-4-3-5-15(16)7-8-20(17)34-25(18)31/h3-8,11-13H,9-10,14H2,1-2H3. The molecule has 2 aromatic heterocycles. The Labute approximate surface area is 203 Å². The van der Waals surface area contributed by atoms with E-state index in [0.717, 1.165) is 15.5 Å². The number of thiazole rings is 1. The molecule has 0 saturated heterocycles. The molecule has 6 rings (SSSR count). The van der Waals surface area contributed by atoms with Crippen LogP contribution in [0, 0.1) is 0 Å². The first-order valence-corrected chi connectivity index (χ1v) is 11.9. The van der Waals surface area contributed by atoms with Gasteiger partial charge >= 0.3 is 5.63 Å². The van der Waals surface area contributed by atoms with Crippen LogP contribution in [0.1, 0.15) is 10.4 Å². The molecule has 0 radical (unpaired) electrons. The van der Waals surface area contributed by atoms with Crippen molar-refractivity contribution in [3.05, 3.63) is 70.6 Å². The summed E-state index contributed by atoms with van der Waals surface area (Å²) in [5.41, 5.74) is 0.448. The molecule has 0 bridgehead atoms. The van der Waals surface area contributed by atoms with Crippen molar-refractivity contribution in [2.45, 2.75) is 0 Å². The van der Waals surface area contributed by atoms with E-state index in [1.165, 1.54) is 11.3 Å². The summed E-state index contributed by atoms with van der Waals surface area (Å²) in [6.45, 7) is 1.12. The molecular weight excluding hydrogens is 466 g/mol. The van der Waals surface area contributed by atoms with Gasteiger partial charge in [0.1, 0.15) is 11.1 Å². The first kappa shape index (κ1) is 21.6. The summed E-state index contributed by atoms with van der Waals surface area (Å²) < 4.78 is 17.4. The third-order valence-corrected chi connectivity index (χ3v) is 7.03. The molecule has 35 heavy (non-hydrogen) atoms. The molecule has 0 unspecified atom stereocenters. The predicted octanol–water partition coefficient (Wildman–Crippen LogP) is 4.49. The fourth-order valence-corrected chi connectivity index (χ4v) is 5.17. The number of amides is 1. The van der Waals surface area contributed by atoms with Crippen LogP contribution in [0.15, 0.2) is 63.8 Å². The number of hydrogen-bond donors (Lipinski definition) is 0. The van der Waals surface area contributed by atoms with Gasteiger partial charge in [-0.25, -0.2) is 9.78 Å². The number of ether oxygens (including phenoxy) is 2. The summed E-state index contributed by atoms with van der Waals surface area (Å²) in [5, 5.41) is 3.12. The number of rotatable bonds is 5. The lowest BCUT2D eigenvalue weighted by Gasteiger charge is -2.21. The third-order valence-electron chi connectivity index (χ3n) is 5.99. The number of carbonyl (C=O) groups is 1. The van der Waals surface area contributed by atoms with Crippen LogP contribution >= 0.6 is 11.3 Å². The molecular formula is C26H21N3O5S. The topological polar surface area (TPSA) is 85.1 Å². The van der Waals surface area contributed by atoms with Crippen LogP contribution in [0.2, 0.25) is 0 Å². The number of likely N-dealkylation sites (N-methyl/N-ethyl adjacent to an activating group) is 1. The molecule has 1 amide bonds. The van der Waals surface area contributed by atoms with Crippen LogP contribution in [0.5, 0.6) is 11.5 Å². The Morgan fingerprint density at radius 3 is 2.63 bits per heavy atom. The van der Waals surface area contributed by atoms with Crippen molar-refractivity contribution in [3.8, 4) is 11.5 Å². The van der Waals surface area contributed by atoms with Gasteiger partial charge in [0.15, 0.2) is 16.6 Å². The minimum absolute atomic E-state index is 0.0268. The molecule has 0 saturated carbocycles. The van der Waals surface area contributed by atoms with Crippen LogP contribution in [-0.4, -0.2) is 49.8 Å². The molecule has 3 aromatic carbocycles. The molecule has 8 nitrogen and oxygen atoms in total. The molecule has 1 aliphatic heterocycles. The Morgan fingerprint density at radius 1 is 1.00 bits per heavy atom. The fourth-order valence-electron chi connectivity index (χ4n) is 4.17. The summed E-state index contributed by atoms with van der Waals surface area (Å²) in [6.07, 6.45) is 0.